The van der Waals surface area contributed by atoms with Crippen molar-refractivity contribution in [1.82, 2.24) is 9.97 Å². The number of halogens is 3. The van der Waals surface area contributed by atoms with E-state index in [1.54, 1.807) is 38.1 Å². The number of benzene rings is 1. The molecular formula is C18H22F3N5O. The molecule has 1 unspecified atom stereocenters. The van der Waals surface area contributed by atoms with Gasteiger partial charge in [0, 0.05) is 32.6 Å². The summed E-state index contributed by atoms with van der Waals surface area (Å²) >= 11 is 0. The van der Waals surface area contributed by atoms with Crippen LogP contribution >= 0.6 is 0 Å². The van der Waals surface area contributed by atoms with Crippen molar-refractivity contribution in [2.24, 2.45) is 0 Å². The predicted octanol–water partition coefficient (Wildman–Crippen LogP) is 3.46. The number of aromatic nitrogens is 2. The maximum atomic E-state index is 13.4. The van der Waals surface area contributed by atoms with E-state index >= 15 is 0 Å². The molecule has 27 heavy (non-hydrogen) atoms. The van der Waals surface area contributed by atoms with Gasteiger partial charge in [0.1, 0.15) is 18.1 Å². The van der Waals surface area contributed by atoms with E-state index in [-0.39, 0.29) is 22.9 Å². The first-order valence-electron chi connectivity index (χ1n) is 8.24. The van der Waals surface area contributed by atoms with Crippen molar-refractivity contribution in [1.29, 1.82) is 5.41 Å². The van der Waals surface area contributed by atoms with E-state index in [0.29, 0.717) is 5.56 Å². The minimum Gasteiger partial charge on any atom is -0.363 e. The van der Waals surface area contributed by atoms with Crippen LogP contribution in [-0.2, 0) is 5.92 Å². The van der Waals surface area contributed by atoms with Crippen LogP contribution < -0.4 is 15.8 Å². The third-order valence-electron chi connectivity index (χ3n) is 4.04. The number of anilines is 2. The predicted molar refractivity (Wildman–Crippen MR) is 100 cm³/mol. The van der Waals surface area contributed by atoms with E-state index in [0.717, 1.165) is 6.92 Å². The number of rotatable bonds is 7. The zero-order valence-corrected chi connectivity index (χ0v) is 15.5. The van der Waals surface area contributed by atoms with Crippen LogP contribution in [0.2, 0.25) is 0 Å². The molecule has 0 saturated carbocycles. The highest BCUT2D eigenvalue weighted by molar-refractivity contribution is 6.02. The second-order valence-corrected chi connectivity index (χ2v) is 6.50. The fourth-order valence-corrected chi connectivity index (χ4v) is 2.48. The van der Waals surface area contributed by atoms with Gasteiger partial charge in [0.2, 0.25) is 5.95 Å². The summed E-state index contributed by atoms with van der Waals surface area (Å²) in [4.78, 5) is 20.6. The van der Waals surface area contributed by atoms with Crippen molar-refractivity contribution >= 4 is 17.5 Å². The van der Waals surface area contributed by atoms with Gasteiger partial charge in [-0.1, -0.05) is 24.3 Å². The number of alkyl halides is 3. The number of nitrogens with one attached hydrogen (secondary N) is 3. The third kappa shape index (κ3) is 4.66. The Morgan fingerprint density at radius 3 is 2.41 bits per heavy atom. The molecule has 1 heterocycles. The van der Waals surface area contributed by atoms with Crippen LogP contribution in [0.4, 0.5) is 24.9 Å². The molecule has 0 fully saturated rings. The Labute approximate surface area is 155 Å². The van der Waals surface area contributed by atoms with Gasteiger partial charge in [-0.05, 0) is 12.5 Å². The normalized spacial score (nSPS) is 12.6. The van der Waals surface area contributed by atoms with Crippen LogP contribution in [0.1, 0.15) is 36.6 Å². The second-order valence-electron chi connectivity index (χ2n) is 6.50. The van der Waals surface area contributed by atoms with Gasteiger partial charge in [0.25, 0.3) is 11.5 Å². The highest BCUT2D eigenvalue weighted by Crippen LogP contribution is 2.28. The van der Waals surface area contributed by atoms with Crippen molar-refractivity contribution < 1.29 is 13.2 Å². The van der Waals surface area contributed by atoms with Gasteiger partial charge in [-0.3, -0.25) is 9.78 Å². The van der Waals surface area contributed by atoms with Crippen LogP contribution in [0, 0.1) is 5.41 Å². The molecule has 0 aliphatic rings. The highest BCUT2D eigenvalue weighted by Gasteiger charge is 2.24. The summed E-state index contributed by atoms with van der Waals surface area (Å²) in [6, 6.07) is 5.33. The molecule has 9 heteroatoms. The van der Waals surface area contributed by atoms with Gasteiger partial charge in [-0.2, -0.15) is 4.98 Å². The van der Waals surface area contributed by atoms with Gasteiger partial charge in [0.15, 0.2) is 0 Å². The molecule has 1 aromatic heterocycles. The van der Waals surface area contributed by atoms with Crippen LogP contribution in [0.3, 0.4) is 0 Å². The summed E-state index contributed by atoms with van der Waals surface area (Å²) in [5.74, 6) is -2.64. The largest absolute Gasteiger partial charge is 0.363 e. The molecular weight excluding hydrogens is 359 g/mol. The summed E-state index contributed by atoms with van der Waals surface area (Å²) < 4.78 is 39.7. The molecule has 0 spiro atoms. The smallest absolute Gasteiger partial charge is 0.270 e. The molecule has 2 aromatic rings. The molecule has 0 radical (unpaired) electrons. The zero-order chi connectivity index (χ0) is 20.4. The Kier molecular flexibility index (Phi) is 5.92. The molecule has 1 atom stereocenters. The summed E-state index contributed by atoms with van der Waals surface area (Å²) in [6.07, 6.45) is 0. The van der Waals surface area contributed by atoms with Crippen LogP contribution in [-0.4, -0.2) is 36.4 Å². The van der Waals surface area contributed by atoms with Crippen molar-refractivity contribution in [3.05, 3.63) is 51.3 Å². The molecule has 1 aromatic carbocycles. The minimum atomic E-state index is -2.94. The average Bonchev–Trinajstić information content (AvgIpc) is 2.60. The lowest BCUT2D eigenvalue weighted by molar-refractivity contribution is 0.0174. The van der Waals surface area contributed by atoms with Crippen molar-refractivity contribution in [2.75, 3.05) is 31.0 Å². The maximum Gasteiger partial charge on any atom is 0.270 e. The van der Waals surface area contributed by atoms with E-state index < -0.39 is 29.9 Å². The van der Waals surface area contributed by atoms with Gasteiger partial charge < -0.3 is 15.6 Å². The van der Waals surface area contributed by atoms with E-state index in [1.807, 2.05) is 0 Å². The van der Waals surface area contributed by atoms with Crippen LogP contribution in [0.15, 0.2) is 29.1 Å². The molecule has 2 rings (SSSR count). The maximum absolute atomic E-state index is 13.4. The fraction of sp³-hybridized carbons (Fsp3) is 0.389. The Balaban J connectivity index is 2.40. The number of nitrogens with zero attached hydrogens (tertiary/aromatic N) is 2. The zero-order valence-electron chi connectivity index (χ0n) is 15.5. The Morgan fingerprint density at radius 1 is 1.33 bits per heavy atom. The van der Waals surface area contributed by atoms with Gasteiger partial charge in [0.05, 0.1) is 5.71 Å². The molecule has 0 aliphatic heterocycles. The number of H-pyrrole nitrogens is 1. The molecule has 0 bridgehead atoms. The summed E-state index contributed by atoms with van der Waals surface area (Å²) in [7, 11) is 3.35. The van der Waals surface area contributed by atoms with Crippen molar-refractivity contribution in [3.63, 3.8) is 0 Å². The molecule has 0 saturated heterocycles. The topological polar surface area (TPSA) is 84.9 Å². The van der Waals surface area contributed by atoms with E-state index in [2.05, 4.69) is 15.3 Å². The van der Waals surface area contributed by atoms with Crippen LogP contribution in [0.25, 0.3) is 0 Å². The van der Waals surface area contributed by atoms with Gasteiger partial charge in [-0.25, -0.2) is 13.2 Å². The van der Waals surface area contributed by atoms with Gasteiger partial charge in [-0.15, -0.1) is 0 Å². The first-order valence-corrected chi connectivity index (χ1v) is 8.24. The summed E-state index contributed by atoms with van der Waals surface area (Å²) in [6.45, 7) is 1.46. The summed E-state index contributed by atoms with van der Waals surface area (Å²) in [5, 5.41) is 10.7. The minimum absolute atomic E-state index is 0.0579. The standard InChI is InChI=1S/C18H22F3N5O/c1-10(11-5-7-12(8-6-11)18(2,20)21)23-15-14(13(22)9-19)16(27)25-17(24-15)26(3)4/h5-8,10,22H,9H2,1-4H3,(H2,23,24,25,27). The molecule has 0 amide bonds. The number of hydrogen-bond acceptors (Lipinski definition) is 5. The number of aromatic amines is 1. The Morgan fingerprint density at radius 2 is 1.93 bits per heavy atom. The lowest BCUT2D eigenvalue weighted by Gasteiger charge is -2.20. The highest BCUT2D eigenvalue weighted by atomic mass is 19.3. The fourth-order valence-electron chi connectivity index (χ4n) is 2.48. The quantitative estimate of drug-likeness (QED) is 0.642. The Bertz CT molecular complexity index is 872. The van der Waals surface area contributed by atoms with E-state index in [4.69, 9.17) is 5.41 Å². The average molecular weight is 381 g/mol. The van der Waals surface area contributed by atoms with E-state index in [9.17, 15) is 18.0 Å². The van der Waals surface area contributed by atoms with E-state index in [1.165, 1.54) is 12.1 Å². The first kappa shape index (κ1) is 20.5. The van der Waals surface area contributed by atoms with Crippen LogP contribution in [0.5, 0.6) is 0 Å². The SMILES string of the molecule is CC(Nc1nc(N(C)C)[nH]c(=O)c1C(=N)CF)c1ccc(C(C)(F)F)cc1. The second kappa shape index (κ2) is 7.81. The van der Waals surface area contributed by atoms with Crippen molar-refractivity contribution in [3.8, 4) is 0 Å². The third-order valence-corrected chi connectivity index (χ3v) is 4.04. The molecule has 3 N–H and O–H groups in total. The van der Waals surface area contributed by atoms with Crippen molar-refractivity contribution in [2.45, 2.75) is 25.8 Å². The lowest BCUT2D eigenvalue weighted by atomic mass is 10.0. The monoisotopic (exact) mass is 381 g/mol. The molecule has 0 aliphatic carbocycles. The lowest BCUT2D eigenvalue weighted by Crippen LogP contribution is -2.27. The molecule has 6 nitrogen and oxygen atoms in total. The molecule has 146 valence electrons. The van der Waals surface area contributed by atoms with Gasteiger partial charge >= 0.3 is 0 Å². The first-order chi connectivity index (χ1) is 12.5. The summed E-state index contributed by atoms with van der Waals surface area (Å²) in [5.41, 5.74) is -0.750. The Hall–Kier alpha value is -2.84. The number of hydrogen-bond donors (Lipinski definition) is 3.